The fourth-order valence-corrected chi connectivity index (χ4v) is 10.8. The van der Waals surface area contributed by atoms with Gasteiger partial charge in [0.05, 0.1) is 25.4 Å². The maximum Gasteiger partial charge on any atom is 0.305 e. The van der Waals surface area contributed by atoms with Crippen molar-refractivity contribution in [3.05, 3.63) is 24.3 Å². The number of allylic oxidation sites excluding steroid dienone is 4. The van der Waals surface area contributed by atoms with Crippen LogP contribution in [0.1, 0.15) is 380 Å². The first kappa shape index (κ1) is 73.3. The van der Waals surface area contributed by atoms with Crippen molar-refractivity contribution in [3.63, 3.8) is 0 Å². The van der Waals surface area contributed by atoms with Crippen LogP contribution in [0.15, 0.2) is 24.3 Å². The van der Waals surface area contributed by atoms with Gasteiger partial charge >= 0.3 is 5.97 Å². The number of amides is 1. The van der Waals surface area contributed by atoms with Crippen LogP contribution in [0.5, 0.6) is 0 Å². The molecule has 0 radical (unpaired) electrons. The van der Waals surface area contributed by atoms with Crippen molar-refractivity contribution in [2.75, 3.05) is 13.2 Å². The summed E-state index contributed by atoms with van der Waals surface area (Å²) < 4.78 is 5.48. The van der Waals surface area contributed by atoms with Gasteiger partial charge in [-0.15, -0.1) is 0 Å². The summed E-state index contributed by atoms with van der Waals surface area (Å²) in [6.45, 7) is 4.94. The van der Waals surface area contributed by atoms with E-state index < -0.39 is 12.1 Å². The second kappa shape index (κ2) is 64.9. The Bertz CT molecular complexity index is 1170. The molecule has 6 nitrogen and oxygen atoms in total. The van der Waals surface area contributed by atoms with E-state index in [1.165, 1.54) is 295 Å². The Morgan fingerprint density at radius 3 is 1.05 bits per heavy atom. The van der Waals surface area contributed by atoms with Crippen molar-refractivity contribution in [2.45, 2.75) is 392 Å². The van der Waals surface area contributed by atoms with Crippen LogP contribution in [-0.2, 0) is 14.3 Å². The SMILES string of the molecule is CCCC/C=C\C/C=C\CCCCCCCC(=O)OCCCCCCCCCCCCCCCCCCCCCCCCC(=O)NC(CO)C(O)CCCCCCCCCCCCCCCCCCCCCCCC. The lowest BCUT2D eigenvalue weighted by atomic mass is 10.0. The van der Waals surface area contributed by atoms with Gasteiger partial charge in [-0.05, 0) is 51.4 Å². The summed E-state index contributed by atoms with van der Waals surface area (Å²) in [5, 5.41) is 23.4. The van der Waals surface area contributed by atoms with Gasteiger partial charge < -0.3 is 20.3 Å². The average molecular weight is 1060 g/mol. The number of aliphatic hydroxyl groups is 2. The summed E-state index contributed by atoms with van der Waals surface area (Å²) in [5.74, 6) is -0.0316. The van der Waals surface area contributed by atoms with E-state index in [1.54, 1.807) is 0 Å². The zero-order chi connectivity index (χ0) is 54.3. The molecule has 0 aliphatic heterocycles. The van der Waals surface area contributed by atoms with Gasteiger partial charge in [-0.2, -0.15) is 0 Å². The monoisotopic (exact) mass is 1060 g/mol. The molecular weight excluding hydrogens is 923 g/mol. The Balaban J connectivity index is 3.38. The Labute approximate surface area is 469 Å². The molecule has 6 heteroatoms. The number of carbonyl (C=O) groups excluding carboxylic acids is 2. The third kappa shape index (κ3) is 61.4. The van der Waals surface area contributed by atoms with Crippen LogP contribution in [0.25, 0.3) is 0 Å². The normalized spacial score (nSPS) is 12.6. The Kier molecular flexibility index (Phi) is 63.4. The van der Waals surface area contributed by atoms with Gasteiger partial charge in [0.1, 0.15) is 0 Å². The van der Waals surface area contributed by atoms with E-state index >= 15 is 0 Å². The minimum atomic E-state index is -0.666. The lowest BCUT2D eigenvalue weighted by Gasteiger charge is -2.22. The molecule has 2 unspecified atom stereocenters. The maximum atomic E-state index is 12.5. The van der Waals surface area contributed by atoms with Crippen LogP contribution in [-0.4, -0.2) is 47.4 Å². The minimum absolute atomic E-state index is 0.000530. The molecule has 0 fully saturated rings. The van der Waals surface area contributed by atoms with Crippen LogP contribution in [0.2, 0.25) is 0 Å². The van der Waals surface area contributed by atoms with Gasteiger partial charge in [-0.1, -0.05) is 340 Å². The van der Waals surface area contributed by atoms with Crippen molar-refractivity contribution < 1.29 is 24.5 Å². The standard InChI is InChI=1S/C69H133NO5/c1-3-5-7-9-11-13-15-17-19-20-21-22-25-28-31-34-37-41-45-49-53-57-61-67(72)66(65-71)70-68(73)62-58-54-50-46-42-38-35-32-29-26-23-24-27-30-33-36-40-44-48-52-56-60-64-75-69(74)63-59-55-51-47-43-39-18-16-14-12-10-8-6-4-2/h10,12,16,18,66-67,71-72H,3-9,11,13-15,17,19-65H2,1-2H3,(H,70,73)/b12-10-,18-16-. The summed E-state index contributed by atoms with van der Waals surface area (Å²) in [6.07, 6.45) is 80.6. The number of nitrogens with one attached hydrogen (secondary N) is 1. The van der Waals surface area contributed by atoms with E-state index in [0.29, 0.717) is 25.9 Å². The Morgan fingerprint density at radius 2 is 0.680 bits per heavy atom. The zero-order valence-corrected chi connectivity index (χ0v) is 50.8. The van der Waals surface area contributed by atoms with Gasteiger partial charge in [0.15, 0.2) is 0 Å². The van der Waals surface area contributed by atoms with Crippen molar-refractivity contribution in [3.8, 4) is 0 Å². The molecule has 1 amide bonds. The Morgan fingerprint density at radius 1 is 0.373 bits per heavy atom. The van der Waals surface area contributed by atoms with Crippen molar-refractivity contribution in [1.29, 1.82) is 0 Å². The second-order valence-corrected chi connectivity index (χ2v) is 23.5. The molecular formula is C69H133NO5. The highest BCUT2D eigenvalue weighted by Crippen LogP contribution is 2.19. The summed E-state index contributed by atoms with van der Waals surface area (Å²) in [6, 6.07) is -0.543. The van der Waals surface area contributed by atoms with Crippen LogP contribution >= 0.6 is 0 Å². The number of rotatable bonds is 64. The van der Waals surface area contributed by atoms with Gasteiger partial charge in [-0.3, -0.25) is 9.59 Å². The molecule has 0 aromatic carbocycles. The van der Waals surface area contributed by atoms with Crippen molar-refractivity contribution >= 4 is 11.9 Å². The second-order valence-electron chi connectivity index (χ2n) is 23.5. The van der Waals surface area contributed by atoms with E-state index in [-0.39, 0.29) is 18.5 Å². The molecule has 75 heavy (non-hydrogen) atoms. The first-order valence-corrected chi connectivity index (χ1v) is 34.1. The van der Waals surface area contributed by atoms with E-state index in [9.17, 15) is 19.8 Å². The van der Waals surface area contributed by atoms with Crippen LogP contribution < -0.4 is 5.32 Å². The van der Waals surface area contributed by atoms with Gasteiger partial charge in [0, 0.05) is 12.8 Å². The summed E-state index contributed by atoms with van der Waals surface area (Å²) in [7, 11) is 0. The fourth-order valence-electron chi connectivity index (χ4n) is 10.8. The number of esters is 1. The molecule has 0 aliphatic carbocycles. The molecule has 444 valence electrons. The van der Waals surface area contributed by atoms with E-state index in [2.05, 4.69) is 43.5 Å². The lowest BCUT2D eigenvalue weighted by Crippen LogP contribution is -2.45. The maximum absolute atomic E-state index is 12.5. The third-order valence-electron chi connectivity index (χ3n) is 16.0. The summed E-state index contributed by atoms with van der Waals surface area (Å²) in [4.78, 5) is 24.6. The number of carbonyl (C=O) groups is 2. The molecule has 0 saturated carbocycles. The number of unbranched alkanes of at least 4 members (excludes halogenated alkanes) is 49. The molecule has 2 atom stereocenters. The minimum Gasteiger partial charge on any atom is -0.466 e. The fraction of sp³-hybridized carbons (Fsp3) is 0.913. The zero-order valence-electron chi connectivity index (χ0n) is 50.8. The van der Waals surface area contributed by atoms with Crippen LogP contribution in [0, 0.1) is 0 Å². The summed E-state index contributed by atoms with van der Waals surface area (Å²) >= 11 is 0. The van der Waals surface area contributed by atoms with E-state index in [0.717, 1.165) is 51.4 Å². The van der Waals surface area contributed by atoms with E-state index in [4.69, 9.17) is 4.74 Å². The first-order valence-electron chi connectivity index (χ1n) is 34.1. The summed E-state index contributed by atoms with van der Waals surface area (Å²) in [5.41, 5.74) is 0. The Hall–Kier alpha value is -1.66. The smallest absolute Gasteiger partial charge is 0.305 e. The third-order valence-corrected chi connectivity index (χ3v) is 16.0. The largest absolute Gasteiger partial charge is 0.466 e. The molecule has 0 saturated heterocycles. The van der Waals surface area contributed by atoms with Crippen molar-refractivity contribution in [1.82, 2.24) is 5.32 Å². The number of hydrogen-bond donors (Lipinski definition) is 3. The average Bonchev–Trinajstić information content (AvgIpc) is 3.41. The van der Waals surface area contributed by atoms with Gasteiger partial charge in [0.2, 0.25) is 5.91 Å². The van der Waals surface area contributed by atoms with Gasteiger partial charge in [-0.25, -0.2) is 0 Å². The van der Waals surface area contributed by atoms with Crippen LogP contribution in [0.3, 0.4) is 0 Å². The van der Waals surface area contributed by atoms with Gasteiger partial charge in [0.25, 0.3) is 0 Å². The molecule has 0 heterocycles. The highest BCUT2D eigenvalue weighted by Gasteiger charge is 2.20. The number of hydrogen-bond acceptors (Lipinski definition) is 5. The topological polar surface area (TPSA) is 95.9 Å². The molecule has 3 N–H and O–H groups in total. The number of ether oxygens (including phenoxy) is 1. The molecule has 0 aromatic heterocycles. The highest BCUT2D eigenvalue weighted by molar-refractivity contribution is 5.76. The van der Waals surface area contributed by atoms with E-state index in [1.807, 2.05) is 0 Å². The molecule has 0 aromatic rings. The first-order chi connectivity index (χ1) is 37.0. The number of aliphatic hydroxyl groups excluding tert-OH is 2. The highest BCUT2D eigenvalue weighted by atomic mass is 16.5. The molecule has 0 spiro atoms. The lowest BCUT2D eigenvalue weighted by molar-refractivity contribution is -0.143. The molecule has 0 bridgehead atoms. The molecule has 0 aliphatic rings. The van der Waals surface area contributed by atoms with Crippen LogP contribution in [0.4, 0.5) is 0 Å². The quantitative estimate of drug-likeness (QED) is 0.0320. The predicted molar refractivity (Wildman–Crippen MR) is 329 cm³/mol. The van der Waals surface area contributed by atoms with Crippen molar-refractivity contribution in [2.24, 2.45) is 0 Å². The molecule has 0 rings (SSSR count). The predicted octanol–water partition coefficient (Wildman–Crippen LogP) is 21.8.